The molecule has 2 aromatic heterocycles. The van der Waals surface area contributed by atoms with Gasteiger partial charge in [0.2, 0.25) is 0 Å². The van der Waals surface area contributed by atoms with Crippen molar-refractivity contribution in [1.82, 2.24) is 10.3 Å². The molecule has 0 radical (unpaired) electrons. The highest BCUT2D eigenvalue weighted by atomic mass is 32.1. The van der Waals surface area contributed by atoms with Crippen LogP contribution < -0.4 is 15.5 Å². The number of aromatic nitrogens is 1. The smallest absolute Gasteiger partial charge is 0.319 e. The number of nitrogens with zero attached hydrogens (tertiary/aromatic N) is 2. The maximum Gasteiger partial charge on any atom is 0.319 e. The van der Waals surface area contributed by atoms with Gasteiger partial charge in [0.1, 0.15) is 11.4 Å². The lowest BCUT2D eigenvalue weighted by Crippen LogP contribution is -2.40. The van der Waals surface area contributed by atoms with Gasteiger partial charge in [-0.2, -0.15) is 11.3 Å². The third kappa shape index (κ3) is 4.19. The van der Waals surface area contributed by atoms with Gasteiger partial charge in [-0.25, -0.2) is 9.78 Å². The molecule has 0 aromatic carbocycles. The zero-order valence-electron chi connectivity index (χ0n) is 12.8. The molecule has 1 unspecified atom stereocenters. The molecule has 0 bridgehead atoms. The standard InChI is InChI=1S/C15H20N4O2S/c1-15(21,11-6-7-22-9-11)10-17-14(20)18-12-4-5-13(16-8-12)19(2)3/h4-9,21H,10H2,1-3H3,(H2,17,18,20). The van der Waals surface area contributed by atoms with Gasteiger partial charge in [-0.05, 0) is 41.4 Å². The molecule has 3 N–H and O–H groups in total. The molecule has 2 heterocycles. The van der Waals surface area contributed by atoms with Crippen LogP contribution in [0.4, 0.5) is 16.3 Å². The maximum atomic E-state index is 11.9. The summed E-state index contributed by atoms with van der Waals surface area (Å²) >= 11 is 1.51. The van der Waals surface area contributed by atoms with Crippen molar-refractivity contribution < 1.29 is 9.90 Å². The molecular formula is C15H20N4O2S. The van der Waals surface area contributed by atoms with Gasteiger partial charge in [0.05, 0.1) is 18.4 Å². The van der Waals surface area contributed by atoms with Crippen LogP contribution in [0.15, 0.2) is 35.2 Å². The number of aliphatic hydroxyl groups is 1. The highest BCUT2D eigenvalue weighted by molar-refractivity contribution is 7.08. The Morgan fingerprint density at radius 2 is 2.18 bits per heavy atom. The van der Waals surface area contributed by atoms with Gasteiger partial charge >= 0.3 is 6.03 Å². The van der Waals surface area contributed by atoms with E-state index in [9.17, 15) is 9.90 Å². The molecule has 0 aliphatic heterocycles. The predicted molar refractivity (Wildman–Crippen MR) is 89.5 cm³/mol. The summed E-state index contributed by atoms with van der Waals surface area (Å²) in [7, 11) is 3.79. The molecular weight excluding hydrogens is 300 g/mol. The van der Waals surface area contributed by atoms with E-state index in [0.717, 1.165) is 11.4 Å². The van der Waals surface area contributed by atoms with Crippen molar-refractivity contribution in [2.24, 2.45) is 0 Å². The quantitative estimate of drug-likeness (QED) is 0.789. The number of amides is 2. The molecule has 0 aliphatic carbocycles. The van der Waals surface area contributed by atoms with Crippen LogP contribution >= 0.6 is 11.3 Å². The summed E-state index contributed by atoms with van der Waals surface area (Å²) in [5, 5.41) is 19.4. The highest BCUT2D eigenvalue weighted by Gasteiger charge is 2.24. The van der Waals surface area contributed by atoms with Gasteiger partial charge in [-0.1, -0.05) is 0 Å². The minimum Gasteiger partial charge on any atom is -0.384 e. The van der Waals surface area contributed by atoms with Crippen LogP contribution in [-0.2, 0) is 5.60 Å². The van der Waals surface area contributed by atoms with Crippen molar-refractivity contribution in [3.05, 3.63) is 40.7 Å². The van der Waals surface area contributed by atoms with Gasteiger partial charge in [0, 0.05) is 14.1 Å². The predicted octanol–water partition coefficient (Wildman–Crippen LogP) is 2.24. The fraction of sp³-hybridized carbons (Fsp3) is 0.333. The first-order valence-corrected chi connectivity index (χ1v) is 7.76. The number of urea groups is 1. The largest absolute Gasteiger partial charge is 0.384 e. The third-order valence-corrected chi connectivity index (χ3v) is 3.88. The van der Waals surface area contributed by atoms with E-state index < -0.39 is 5.60 Å². The van der Waals surface area contributed by atoms with Crippen LogP contribution in [-0.4, -0.2) is 36.8 Å². The first kappa shape index (κ1) is 16.3. The highest BCUT2D eigenvalue weighted by Crippen LogP contribution is 2.22. The van der Waals surface area contributed by atoms with E-state index in [2.05, 4.69) is 15.6 Å². The Morgan fingerprint density at radius 1 is 1.41 bits per heavy atom. The molecule has 0 saturated carbocycles. The van der Waals surface area contributed by atoms with E-state index in [4.69, 9.17) is 0 Å². The number of carbonyl (C=O) groups excluding carboxylic acids is 1. The topological polar surface area (TPSA) is 77.5 Å². The summed E-state index contributed by atoms with van der Waals surface area (Å²) in [4.78, 5) is 18.0. The van der Waals surface area contributed by atoms with E-state index in [0.29, 0.717) is 5.69 Å². The minimum atomic E-state index is -1.09. The Balaban J connectivity index is 1.88. The van der Waals surface area contributed by atoms with Gasteiger partial charge < -0.3 is 20.6 Å². The van der Waals surface area contributed by atoms with Crippen LogP contribution in [0.3, 0.4) is 0 Å². The third-order valence-electron chi connectivity index (χ3n) is 3.20. The Morgan fingerprint density at radius 3 is 2.73 bits per heavy atom. The van der Waals surface area contributed by atoms with Gasteiger partial charge in [0.25, 0.3) is 0 Å². The Kier molecular flexibility index (Phi) is 4.99. The van der Waals surface area contributed by atoms with E-state index in [1.54, 1.807) is 19.2 Å². The number of nitrogens with one attached hydrogen (secondary N) is 2. The summed E-state index contributed by atoms with van der Waals surface area (Å²) in [6.45, 7) is 1.79. The normalized spacial score (nSPS) is 13.3. The molecule has 2 amide bonds. The van der Waals surface area contributed by atoms with E-state index >= 15 is 0 Å². The number of hydrogen-bond donors (Lipinski definition) is 3. The van der Waals surface area contributed by atoms with Crippen LogP contribution in [0.1, 0.15) is 12.5 Å². The van der Waals surface area contributed by atoms with Crippen molar-refractivity contribution in [3.63, 3.8) is 0 Å². The SMILES string of the molecule is CN(C)c1ccc(NC(=O)NCC(C)(O)c2ccsc2)cn1. The molecule has 6 nitrogen and oxygen atoms in total. The summed E-state index contributed by atoms with van der Waals surface area (Å²) < 4.78 is 0. The van der Waals surface area contributed by atoms with Crippen molar-refractivity contribution in [1.29, 1.82) is 0 Å². The van der Waals surface area contributed by atoms with Crippen molar-refractivity contribution in [2.75, 3.05) is 30.9 Å². The minimum absolute atomic E-state index is 0.124. The molecule has 0 aliphatic rings. The van der Waals surface area contributed by atoms with E-state index in [1.807, 2.05) is 41.9 Å². The fourth-order valence-corrected chi connectivity index (χ4v) is 2.61. The average molecular weight is 320 g/mol. The lowest BCUT2D eigenvalue weighted by molar-refractivity contribution is 0.0604. The maximum absolute atomic E-state index is 11.9. The number of thiophene rings is 1. The van der Waals surface area contributed by atoms with Crippen LogP contribution in [0.2, 0.25) is 0 Å². The molecule has 1 atom stereocenters. The fourth-order valence-electron chi connectivity index (χ4n) is 1.83. The zero-order chi connectivity index (χ0) is 16.2. The Hall–Kier alpha value is -2.12. The summed E-state index contributed by atoms with van der Waals surface area (Å²) in [5.74, 6) is 0.811. The molecule has 0 fully saturated rings. The molecule has 7 heteroatoms. The first-order valence-electron chi connectivity index (χ1n) is 6.82. The van der Waals surface area contributed by atoms with E-state index in [-0.39, 0.29) is 12.6 Å². The van der Waals surface area contributed by atoms with Gasteiger partial charge in [0.15, 0.2) is 0 Å². The van der Waals surface area contributed by atoms with Crippen LogP contribution in [0.5, 0.6) is 0 Å². The molecule has 0 saturated heterocycles. The summed E-state index contributed by atoms with van der Waals surface area (Å²) in [6.07, 6.45) is 1.59. The molecule has 0 spiro atoms. The number of carbonyl (C=O) groups is 1. The van der Waals surface area contributed by atoms with Crippen molar-refractivity contribution in [2.45, 2.75) is 12.5 Å². The summed E-state index contributed by atoms with van der Waals surface area (Å²) in [5.41, 5.74) is 0.290. The molecule has 2 aromatic rings. The number of rotatable bonds is 5. The summed E-state index contributed by atoms with van der Waals surface area (Å²) in [6, 6.07) is 5.06. The Bertz CT molecular complexity index is 609. The number of hydrogen-bond acceptors (Lipinski definition) is 5. The lowest BCUT2D eigenvalue weighted by Gasteiger charge is -2.22. The molecule has 118 valence electrons. The number of anilines is 2. The van der Waals surface area contributed by atoms with Crippen molar-refractivity contribution >= 4 is 28.9 Å². The van der Waals surface area contributed by atoms with Crippen molar-refractivity contribution in [3.8, 4) is 0 Å². The van der Waals surface area contributed by atoms with E-state index in [1.165, 1.54) is 11.3 Å². The van der Waals surface area contributed by atoms with Crippen LogP contribution in [0.25, 0.3) is 0 Å². The van der Waals surface area contributed by atoms with Gasteiger partial charge in [-0.15, -0.1) is 0 Å². The zero-order valence-corrected chi connectivity index (χ0v) is 13.6. The molecule has 22 heavy (non-hydrogen) atoms. The van der Waals surface area contributed by atoms with Crippen LogP contribution in [0, 0.1) is 0 Å². The lowest BCUT2D eigenvalue weighted by atomic mass is 9.99. The Labute approximate surface area is 133 Å². The second-order valence-electron chi connectivity index (χ2n) is 5.39. The second-order valence-corrected chi connectivity index (χ2v) is 6.17. The molecule has 2 rings (SSSR count). The monoisotopic (exact) mass is 320 g/mol. The second kappa shape index (κ2) is 6.76. The first-order chi connectivity index (χ1) is 10.4. The number of pyridine rings is 1. The average Bonchev–Trinajstić information content (AvgIpc) is 3.01. The van der Waals surface area contributed by atoms with Gasteiger partial charge in [-0.3, -0.25) is 0 Å².